The van der Waals surface area contributed by atoms with Gasteiger partial charge < -0.3 is 5.73 Å². The normalized spacial score (nSPS) is 11.0. The molecule has 1 aromatic heterocycles. The highest BCUT2D eigenvalue weighted by Crippen LogP contribution is 2.32. The molecule has 0 radical (unpaired) electrons. The van der Waals surface area contributed by atoms with Crippen LogP contribution in [0.1, 0.15) is 5.56 Å². The smallest absolute Gasteiger partial charge is 0.162 e. The van der Waals surface area contributed by atoms with Crippen LogP contribution in [-0.2, 0) is 0 Å². The van der Waals surface area contributed by atoms with E-state index in [9.17, 15) is 4.39 Å². The van der Waals surface area contributed by atoms with Crippen LogP contribution in [0.2, 0.25) is 10.0 Å². The van der Waals surface area contributed by atoms with Crippen LogP contribution in [0.4, 0.5) is 10.2 Å². The van der Waals surface area contributed by atoms with Crippen LogP contribution in [0.25, 0.3) is 22.3 Å². The summed E-state index contributed by atoms with van der Waals surface area (Å²) in [5, 5.41) is 1.41. The van der Waals surface area contributed by atoms with Crippen molar-refractivity contribution in [3.05, 3.63) is 51.8 Å². The Balaban J connectivity index is 2.33. The van der Waals surface area contributed by atoms with Gasteiger partial charge in [0.05, 0.1) is 10.5 Å². The van der Waals surface area contributed by atoms with Crippen LogP contribution < -0.4 is 5.73 Å². The molecule has 106 valence electrons. The molecule has 0 unspecified atom stereocenters. The SMILES string of the molecule is Cc1ccc(F)cc1-c1nc(N)c2cc(Cl)cc(Cl)c2n1. The Morgan fingerprint density at radius 1 is 1.10 bits per heavy atom. The molecular formula is C15H10Cl2FN3. The Kier molecular flexibility index (Phi) is 3.43. The molecule has 0 fully saturated rings. The van der Waals surface area contributed by atoms with E-state index in [1.165, 1.54) is 12.1 Å². The Bertz CT molecular complexity index is 865. The van der Waals surface area contributed by atoms with Gasteiger partial charge in [0, 0.05) is 16.0 Å². The van der Waals surface area contributed by atoms with E-state index in [2.05, 4.69) is 9.97 Å². The minimum Gasteiger partial charge on any atom is -0.383 e. The molecule has 0 saturated carbocycles. The van der Waals surface area contributed by atoms with Gasteiger partial charge in [0.2, 0.25) is 0 Å². The fraction of sp³-hybridized carbons (Fsp3) is 0.0667. The lowest BCUT2D eigenvalue weighted by Gasteiger charge is -2.09. The summed E-state index contributed by atoms with van der Waals surface area (Å²) in [5.74, 6) is 0.226. The summed E-state index contributed by atoms with van der Waals surface area (Å²) >= 11 is 12.1. The lowest BCUT2D eigenvalue weighted by atomic mass is 10.1. The van der Waals surface area contributed by atoms with Gasteiger partial charge in [-0.25, -0.2) is 14.4 Å². The topological polar surface area (TPSA) is 51.8 Å². The standard InChI is InChI=1S/C15H10Cl2FN3/c1-7-2-3-9(18)6-10(7)15-20-13-11(14(19)21-15)4-8(16)5-12(13)17/h2-6H,1H3,(H2,19,20,21). The maximum Gasteiger partial charge on any atom is 0.162 e. The molecule has 0 aliphatic rings. The van der Waals surface area contributed by atoms with Crippen molar-refractivity contribution in [2.24, 2.45) is 0 Å². The number of hydrogen-bond acceptors (Lipinski definition) is 3. The van der Waals surface area contributed by atoms with Crippen molar-refractivity contribution < 1.29 is 4.39 Å². The molecule has 6 heteroatoms. The van der Waals surface area contributed by atoms with Crippen molar-refractivity contribution in [2.75, 3.05) is 5.73 Å². The number of halogens is 3. The van der Waals surface area contributed by atoms with E-state index in [0.29, 0.717) is 32.3 Å². The maximum atomic E-state index is 13.4. The molecule has 0 aliphatic carbocycles. The van der Waals surface area contributed by atoms with Gasteiger partial charge in [-0.2, -0.15) is 0 Å². The number of aryl methyl sites for hydroxylation is 1. The molecule has 2 N–H and O–H groups in total. The molecule has 0 bridgehead atoms. The zero-order valence-electron chi connectivity index (χ0n) is 11.0. The number of aromatic nitrogens is 2. The van der Waals surface area contributed by atoms with Gasteiger partial charge in [-0.15, -0.1) is 0 Å². The zero-order valence-corrected chi connectivity index (χ0v) is 12.5. The van der Waals surface area contributed by atoms with Crippen molar-refractivity contribution in [3.63, 3.8) is 0 Å². The summed E-state index contributed by atoms with van der Waals surface area (Å²) in [6.07, 6.45) is 0. The first kappa shape index (κ1) is 14.0. The van der Waals surface area contributed by atoms with Gasteiger partial charge in [0.25, 0.3) is 0 Å². The van der Waals surface area contributed by atoms with Crippen molar-refractivity contribution in [1.82, 2.24) is 9.97 Å². The summed E-state index contributed by atoms with van der Waals surface area (Å²) in [6, 6.07) is 7.66. The minimum absolute atomic E-state index is 0.253. The second-order valence-electron chi connectivity index (χ2n) is 4.68. The number of nitrogens with zero attached hydrogens (tertiary/aromatic N) is 2. The fourth-order valence-corrected chi connectivity index (χ4v) is 2.67. The van der Waals surface area contributed by atoms with Crippen molar-refractivity contribution in [2.45, 2.75) is 6.92 Å². The van der Waals surface area contributed by atoms with Crippen molar-refractivity contribution in [3.8, 4) is 11.4 Å². The fourth-order valence-electron chi connectivity index (χ4n) is 2.14. The predicted octanol–water partition coefficient (Wildman–Crippen LogP) is 4.63. The van der Waals surface area contributed by atoms with Gasteiger partial charge in [0.1, 0.15) is 11.6 Å². The van der Waals surface area contributed by atoms with Crippen molar-refractivity contribution in [1.29, 1.82) is 0 Å². The zero-order chi connectivity index (χ0) is 15.1. The van der Waals surface area contributed by atoms with E-state index in [0.717, 1.165) is 5.56 Å². The van der Waals surface area contributed by atoms with E-state index in [1.807, 2.05) is 6.92 Å². The number of rotatable bonds is 1. The van der Waals surface area contributed by atoms with E-state index >= 15 is 0 Å². The number of anilines is 1. The largest absolute Gasteiger partial charge is 0.383 e. The Morgan fingerprint density at radius 3 is 2.62 bits per heavy atom. The molecule has 0 atom stereocenters. The monoisotopic (exact) mass is 321 g/mol. The second kappa shape index (κ2) is 5.13. The highest BCUT2D eigenvalue weighted by atomic mass is 35.5. The molecule has 2 aromatic carbocycles. The van der Waals surface area contributed by atoms with E-state index < -0.39 is 0 Å². The first-order valence-corrected chi connectivity index (χ1v) is 6.90. The summed E-state index contributed by atoms with van der Waals surface area (Å²) in [6.45, 7) is 1.85. The molecule has 3 aromatic rings. The number of nitrogen functional groups attached to an aromatic ring is 1. The van der Waals surface area contributed by atoms with Crippen molar-refractivity contribution >= 4 is 39.9 Å². The summed E-state index contributed by atoms with van der Waals surface area (Å²) in [5.41, 5.74) is 7.88. The third-order valence-electron chi connectivity index (χ3n) is 3.19. The van der Waals surface area contributed by atoms with Crippen LogP contribution in [0.3, 0.4) is 0 Å². The first-order valence-electron chi connectivity index (χ1n) is 6.14. The highest BCUT2D eigenvalue weighted by molar-refractivity contribution is 6.38. The van der Waals surface area contributed by atoms with Crippen LogP contribution in [0.15, 0.2) is 30.3 Å². The average molecular weight is 322 g/mol. The number of benzene rings is 2. The average Bonchev–Trinajstić information content (AvgIpc) is 2.42. The molecule has 3 rings (SSSR count). The van der Waals surface area contributed by atoms with E-state index in [1.54, 1.807) is 18.2 Å². The predicted molar refractivity (Wildman–Crippen MR) is 84.1 cm³/mol. The summed E-state index contributed by atoms with van der Waals surface area (Å²) < 4.78 is 13.4. The molecule has 0 amide bonds. The Morgan fingerprint density at radius 2 is 1.86 bits per heavy atom. The summed E-state index contributed by atoms with van der Waals surface area (Å²) in [7, 11) is 0. The molecule has 3 nitrogen and oxygen atoms in total. The van der Waals surface area contributed by atoms with Crippen LogP contribution in [-0.4, -0.2) is 9.97 Å². The van der Waals surface area contributed by atoms with Gasteiger partial charge >= 0.3 is 0 Å². The molecule has 1 heterocycles. The van der Waals surface area contributed by atoms with Crippen LogP contribution in [0, 0.1) is 12.7 Å². The van der Waals surface area contributed by atoms with Gasteiger partial charge in [-0.05, 0) is 36.8 Å². The third-order valence-corrected chi connectivity index (χ3v) is 3.70. The lowest BCUT2D eigenvalue weighted by Crippen LogP contribution is -1.99. The van der Waals surface area contributed by atoms with E-state index in [-0.39, 0.29) is 11.6 Å². The molecule has 0 spiro atoms. The molecule has 21 heavy (non-hydrogen) atoms. The summed E-state index contributed by atoms with van der Waals surface area (Å²) in [4.78, 5) is 8.64. The van der Waals surface area contributed by atoms with Crippen LogP contribution >= 0.6 is 23.2 Å². The Labute approximate surface area is 130 Å². The highest BCUT2D eigenvalue weighted by Gasteiger charge is 2.13. The molecular weight excluding hydrogens is 312 g/mol. The lowest BCUT2D eigenvalue weighted by molar-refractivity contribution is 0.628. The van der Waals surface area contributed by atoms with Crippen LogP contribution in [0.5, 0.6) is 0 Å². The van der Waals surface area contributed by atoms with Gasteiger partial charge in [0.15, 0.2) is 5.82 Å². The number of fused-ring (bicyclic) bond motifs is 1. The van der Waals surface area contributed by atoms with Gasteiger partial charge in [-0.3, -0.25) is 0 Å². The molecule has 0 saturated heterocycles. The number of nitrogens with two attached hydrogens (primary N) is 1. The quantitative estimate of drug-likeness (QED) is 0.710. The third kappa shape index (κ3) is 2.52. The minimum atomic E-state index is -0.361. The Hall–Kier alpha value is -1.91. The maximum absolute atomic E-state index is 13.4. The number of hydrogen-bond donors (Lipinski definition) is 1. The first-order chi connectivity index (χ1) is 9.95. The van der Waals surface area contributed by atoms with Gasteiger partial charge in [-0.1, -0.05) is 29.3 Å². The van der Waals surface area contributed by atoms with E-state index in [4.69, 9.17) is 28.9 Å². The second-order valence-corrected chi connectivity index (χ2v) is 5.52. The molecule has 0 aliphatic heterocycles.